The number of nitrogens with zero attached hydrogens (tertiary/aromatic N) is 4. The summed E-state index contributed by atoms with van der Waals surface area (Å²) in [6.45, 7) is 5.68. The molecular weight excluding hydrogens is 496 g/mol. The summed E-state index contributed by atoms with van der Waals surface area (Å²) in [4.78, 5) is 24.7. The van der Waals surface area contributed by atoms with E-state index in [2.05, 4.69) is 11.1 Å². The number of carbonyl (C=O) groups excluding carboxylic acids is 1. The number of ether oxygens (including phenoxy) is 1. The minimum absolute atomic E-state index is 0.156. The summed E-state index contributed by atoms with van der Waals surface area (Å²) in [6.07, 6.45) is 1.69. The van der Waals surface area contributed by atoms with Crippen molar-refractivity contribution in [1.82, 2.24) is 14.3 Å². The number of sulfonamides is 1. The van der Waals surface area contributed by atoms with E-state index < -0.39 is 10.0 Å². The van der Waals surface area contributed by atoms with Crippen LogP contribution in [0.5, 0.6) is 0 Å². The second kappa shape index (κ2) is 10.1. The summed E-state index contributed by atoms with van der Waals surface area (Å²) in [5.41, 5.74) is 4.16. The van der Waals surface area contributed by atoms with Gasteiger partial charge in [0.25, 0.3) is 5.91 Å². The summed E-state index contributed by atoms with van der Waals surface area (Å²) in [5, 5.41) is 0.569. The predicted molar refractivity (Wildman–Crippen MR) is 140 cm³/mol. The number of rotatable bonds is 6. The second-order valence-corrected chi connectivity index (χ2v) is 11.6. The summed E-state index contributed by atoms with van der Waals surface area (Å²) >= 11 is 1.46. The Morgan fingerprint density at radius 2 is 1.83 bits per heavy atom. The van der Waals surface area contributed by atoms with Gasteiger partial charge in [0.15, 0.2) is 5.13 Å². The maximum atomic E-state index is 13.7. The van der Waals surface area contributed by atoms with Crippen molar-refractivity contribution in [3.8, 4) is 0 Å². The number of hydrogen-bond acceptors (Lipinski definition) is 7. The molecular formula is C26H26N4O4S2. The topological polar surface area (TPSA) is 92.7 Å². The number of amides is 1. The fraction of sp³-hybridized carbons (Fsp3) is 0.269. The van der Waals surface area contributed by atoms with Crippen molar-refractivity contribution in [2.45, 2.75) is 25.3 Å². The van der Waals surface area contributed by atoms with Crippen LogP contribution in [0.3, 0.4) is 0 Å². The van der Waals surface area contributed by atoms with Crippen molar-refractivity contribution in [3.63, 3.8) is 0 Å². The van der Waals surface area contributed by atoms with Gasteiger partial charge in [0.1, 0.15) is 0 Å². The Hall–Kier alpha value is -3.18. The number of pyridine rings is 1. The molecule has 1 aliphatic rings. The first kappa shape index (κ1) is 24.5. The lowest BCUT2D eigenvalue weighted by molar-refractivity contribution is 0.0730. The van der Waals surface area contributed by atoms with Crippen molar-refractivity contribution >= 4 is 42.6 Å². The zero-order valence-electron chi connectivity index (χ0n) is 20.0. The lowest BCUT2D eigenvalue weighted by Gasteiger charge is -2.26. The fourth-order valence-corrected chi connectivity index (χ4v) is 6.64. The van der Waals surface area contributed by atoms with Crippen LogP contribution in [-0.4, -0.2) is 54.9 Å². The molecule has 0 N–H and O–H groups in total. The van der Waals surface area contributed by atoms with Crippen molar-refractivity contribution in [2.75, 3.05) is 31.2 Å². The number of carbonyl (C=O) groups is 1. The molecule has 0 unspecified atom stereocenters. The molecule has 0 radical (unpaired) electrons. The Balaban J connectivity index is 1.49. The molecule has 0 atom stereocenters. The Morgan fingerprint density at radius 1 is 1.08 bits per heavy atom. The van der Waals surface area contributed by atoms with Crippen molar-refractivity contribution in [1.29, 1.82) is 0 Å². The predicted octanol–water partition coefficient (Wildman–Crippen LogP) is 4.18. The van der Waals surface area contributed by atoms with Crippen LogP contribution >= 0.6 is 11.3 Å². The summed E-state index contributed by atoms with van der Waals surface area (Å²) in [7, 11) is -3.64. The third kappa shape index (κ3) is 4.90. The molecule has 2 aromatic carbocycles. The maximum Gasteiger partial charge on any atom is 0.260 e. The Kier molecular flexibility index (Phi) is 6.85. The number of thiazole rings is 1. The summed E-state index contributed by atoms with van der Waals surface area (Å²) in [5.74, 6) is -0.274. The van der Waals surface area contributed by atoms with Crippen LogP contribution in [-0.2, 0) is 21.3 Å². The highest BCUT2D eigenvalue weighted by molar-refractivity contribution is 7.89. The Bertz CT molecular complexity index is 1500. The van der Waals surface area contributed by atoms with Crippen molar-refractivity contribution < 1.29 is 17.9 Å². The molecule has 0 aliphatic carbocycles. The molecule has 8 nitrogen and oxygen atoms in total. The number of anilines is 1. The van der Waals surface area contributed by atoms with E-state index >= 15 is 0 Å². The van der Waals surface area contributed by atoms with Crippen LogP contribution in [0.25, 0.3) is 10.2 Å². The average Bonchev–Trinajstić information content (AvgIpc) is 3.32. The second-order valence-electron chi connectivity index (χ2n) is 8.68. The van der Waals surface area contributed by atoms with Crippen LogP contribution in [0.2, 0.25) is 0 Å². The van der Waals surface area contributed by atoms with E-state index in [0.29, 0.717) is 37.0 Å². The summed E-state index contributed by atoms with van der Waals surface area (Å²) in [6, 6.07) is 15.8. The van der Waals surface area contributed by atoms with E-state index in [1.807, 2.05) is 38.1 Å². The molecule has 0 saturated carbocycles. The lowest BCUT2D eigenvalue weighted by atomic mass is 10.1. The Morgan fingerprint density at radius 3 is 2.53 bits per heavy atom. The fourth-order valence-electron chi connectivity index (χ4n) is 4.22. The average molecular weight is 523 g/mol. The number of benzene rings is 2. The van der Waals surface area contributed by atoms with Gasteiger partial charge in [-0.15, -0.1) is 0 Å². The van der Waals surface area contributed by atoms with Crippen LogP contribution in [0.4, 0.5) is 5.13 Å². The summed E-state index contributed by atoms with van der Waals surface area (Å²) < 4.78 is 33.7. The van der Waals surface area contributed by atoms with Crippen LogP contribution in [0.1, 0.15) is 27.2 Å². The van der Waals surface area contributed by atoms with Crippen LogP contribution in [0.15, 0.2) is 65.7 Å². The van der Waals surface area contributed by atoms with Gasteiger partial charge in [0.05, 0.1) is 40.6 Å². The standard InChI is InChI=1S/C26H26N4O4S2/c1-18-15-19(2)24-23(16-18)28-26(35-24)30(17-21-5-3-4-10-27-21)25(31)20-6-8-22(9-7-20)36(32,33)29-11-13-34-14-12-29/h3-10,15-16H,11-14,17H2,1-2H3. The van der Waals surface area contributed by atoms with E-state index in [-0.39, 0.29) is 17.3 Å². The first-order valence-corrected chi connectivity index (χ1v) is 13.9. The molecule has 1 saturated heterocycles. The third-order valence-corrected chi connectivity index (χ3v) is 9.18. The zero-order valence-corrected chi connectivity index (χ0v) is 21.7. The number of fused-ring (bicyclic) bond motifs is 1. The SMILES string of the molecule is Cc1cc(C)c2sc(N(Cc3ccccn3)C(=O)c3ccc(S(=O)(=O)N4CCOCC4)cc3)nc2c1. The molecule has 1 amide bonds. The van der Waals surface area contributed by atoms with Gasteiger partial charge in [-0.25, -0.2) is 13.4 Å². The monoisotopic (exact) mass is 522 g/mol. The molecule has 1 aliphatic heterocycles. The van der Waals surface area contributed by atoms with Gasteiger partial charge < -0.3 is 4.74 Å². The molecule has 4 aromatic rings. The van der Waals surface area contributed by atoms with Gasteiger partial charge in [-0.05, 0) is 67.4 Å². The molecule has 10 heteroatoms. The van der Waals surface area contributed by atoms with Gasteiger partial charge in [-0.3, -0.25) is 14.7 Å². The Labute approximate surface area is 214 Å². The largest absolute Gasteiger partial charge is 0.379 e. The molecule has 36 heavy (non-hydrogen) atoms. The number of aryl methyl sites for hydroxylation is 2. The van der Waals surface area contributed by atoms with Gasteiger partial charge in [-0.2, -0.15) is 4.31 Å². The zero-order chi connectivity index (χ0) is 25.3. The van der Waals surface area contributed by atoms with Gasteiger partial charge in [0, 0.05) is 24.8 Å². The highest BCUT2D eigenvalue weighted by atomic mass is 32.2. The maximum absolute atomic E-state index is 13.7. The molecule has 1 fully saturated rings. The quantitative estimate of drug-likeness (QED) is 0.377. The normalized spacial score (nSPS) is 14.7. The molecule has 3 heterocycles. The highest BCUT2D eigenvalue weighted by Crippen LogP contribution is 2.33. The molecule has 0 bridgehead atoms. The van der Waals surface area contributed by atoms with E-state index in [1.54, 1.807) is 23.2 Å². The minimum atomic E-state index is -3.64. The number of aromatic nitrogens is 2. The van der Waals surface area contributed by atoms with E-state index in [9.17, 15) is 13.2 Å². The van der Waals surface area contributed by atoms with E-state index in [1.165, 1.54) is 27.8 Å². The third-order valence-electron chi connectivity index (χ3n) is 6.04. The van der Waals surface area contributed by atoms with Crippen molar-refractivity contribution in [3.05, 3.63) is 83.2 Å². The first-order chi connectivity index (χ1) is 17.3. The van der Waals surface area contributed by atoms with Gasteiger partial charge in [0.2, 0.25) is 10.0 Å². The highest BCUT2D eigenvalue weighted by Gasteiger charge is 2.27. The minimum Gasteiger partial charge on any atom is -0.379 e. The van der Waals surface area contributed by atoms with E-state index in [0.717, 1.165) is 27.0 Å². The van der Waals surface area contributed by atoms with Gasteiger partial charge >= 0.3 is 0 Å². The first-order valence-electron chi connectivity index (χ1n) is 11.6. The molecule has 186 valence electrons. The number of morpholine rings is 1. The molecule has 0 spiro atoms. The number of hydrogen-bond donors (Lipinski definition) is 0. The van der Waals surface area contributed by atoms with E-state index in [4.69, 9.17) is 9.72 Å². The van der Waals surface area contributed by atoms with Crippen molar-refractivity contribution in [2.24, 2.45) is 0 Å². The molecule has 5 rings (SSSR count). The molecule has 2 aromatic heterocycles. The smallest absolute Gasteiger partial charge is 0.260 e. The van der Waals surface area contributed by atoms with Crippen LogP contribution in [0, 0.1) is 13.8 Å². The van der Waals surface area contributed by atoms with Crippen LogP contribution < -0.4 is 4.90 Å². The van der Waals surface area contributed by atoms with Gasteiger partial charge in [-0.1, -0.05) is 23.5 Å². The lowest BCUT2D eigenvalue weighted by Crippen LogP contribution is -2.40.